The highest BCUT2D eigenvalue weighted by Gasteiger charge is 2.15. The molecule has 1 amide bonds. The van der Waals surface area contributed by atoms with Gasteiger partial charge in [0.05, 0.1) is 25.6 Å². The molecule has 144 valence electrons. The van der Waals surface area contributed by atoms with Crippen molar-refractivity contribution in [1.29, 1.82) is 0 Å². The number of benzene rings is 2. The zero-order valence-corrected chi connectivity index (χ0v) is 14.6. The van der Waals surface area contributed by atoms with Gasteiger partial charge in [-0.05, 0) is 37.3 Å². The number of hydrogen-bond acceptors (Lipinski definition) is 5. The number of rotatable bonds is 8. The minimum atomic E-state index is -1.67. The van der Waals surface area contributed by atoms with E-state index in [4.69, 9.17) is 14.3 Å². The average Bonchev–Trinajstić information content (AvgIpc) is 2.67. The fourth-order valence-electron chi connectivity index (χ4n) is 2.04. The molecule has 0 heterocycles. The fraction of sp³-hybridized carbons (Fsp3) is 0.222. The molecule has 0 unspecified atom stereocenters. The molecule has 27 heavy (non-hydrogen) atoms. The minimum absolute atomic E-state index is 0.487. The van der Waals surface area contributed by atoms with E-state index in [9.17, 15) is 18.0 Å². The van der Waals surface area contributed by atoms with E-state index < -0.39 is 35.7 Å². The standard InChI is InChI=1S/C18H17F3N2O4/c1-3-26-14-7-4-11(8-15(14)25-2)9-22-27-10-16(24)23-13-6-5-12(19)17(20)18(13)21/h4-9H,3,10H2,1-2H3,(H,23,24)/b22-9-. The lowest BCUT2D eigenvalue weighted by Crippen LogP contribution is -2.18. The molecular formula is C18H17F3N2O4. The van der Waals surface area contributed by atoms with Gasteiger partial charge in [0.2, 0.25) is 0 Å². The number of carbonyl (C=O) groups excluding carboxylic acids is 1. The van der Waals surface area contributed by atoms with Gasteiger partial charge < -0.3 is 19.6 Å². The SMILES string of the molecule is CCOc1ccc(/C=N\OCC(=O)Nc2ccc(F)c(F)c2F)cc1OC. The molecule has 2 rings (SSSR count). The van der Waals surface area contributed by atoms with E-state index in [-0.39, 0.29) is 0 Å². The molecule has 0 aromatic heterocycles. The van der Waals surface area contributed by atoms with Crippen LogP contribution in [0.5, 0.6) is 11.5 Å². The Kier molecular flexibility index (Phi) is 7.04. The fourth-order valence-corrected chi connectivity index (χ4v) is 2.04. The normalized spacial score (nSPS) is 10.7. The molecule has 1 N–H and O–H groups in total. The lowest BCUT2D eigenvalue weighted by Gasteiger charge is -2.09. The second-order valence-electron chi connectivity index (χ2n) is 5.12. The number of nitrogens with one attached hydrogen (secondary N) is 1. The first-order valence-electron chi connectivity index (χ1n) is 7.85. The predicted octanol–water partition coefficient (Wildman–Crippen LogP) is 3.50. The van der Waals surface area contributed by atoms with Gasteiger partial charge in [-0.1, -0.05) is 5.16 Å². The highest BCUT2D eigenvalue weighted by atomic mass is 19.2. The van der Waals surface area contributed by atoms with Gasteiger partial charge in [0.15, 0.2) is 35.6 Å². The van der Waals surface area contributed by atoms with Crippen molar-refractivity contribution in [2.75, 3.05) is 25.6 Å². The van der Waals surface area contributed by atoms with Gasteiger partial charge in [-0.3, -0.25) is 4.79 Å². The van der Waals surface area contributed by atoms with Crippen molar-refractivity contribution in [2.45, 2.75) is 6.92 Å². The molecule has 2 aromatic rings. The van der Waals surface area contributed by atoms with Crippen LogP contribution in [0.2, 0.25) is 0 Å². The number of hydrogen-bond donors (Lipinski definition) is 1. The van der Waals surface area contributed by atoms with Gasteiger partial charge in [0, 0.05) is 5.56 Å². The lowest BCUT2D eigenvalue weighted by molar-refractivity contribution is -0.120. The van der Waals surface area contributed by atoms with E-state index in [1.165, 1.54) is 13.3 Å². The molecule has 0 radical (unpaired) electrons. The van der Waals surface area contributed by atoms with E-state index in [0.29, 0.717) is 29.7 Å². The van der Waals surface area contributed by atoms with Crippen LogP contribution in [0.3, 0.4) is 0 Å². The third-order valence-corrected chi connectivity index (χ3v) is 3.27. The molecule has 9 heteroatoms. The number of oxime groups is 1. The van der Waals surface area contributed by atoms with Crippen LogP contribution < -0.4 is 14.8 Å². The average molecular weight is 382 g/mol. The van der Waals surface area contributed by atoms with Crippen LogP contribution in [-0.4, -0.2) is 32.4 Å². The number of carbonyl (C=O) groups is 1. The Morgan fingerprint density at radius 1 is 1.15 bits per heavy atom. The first-order chi connectivity index (χ1) is 13.0. The van der Waals surface area contributed by atoms with Crippen molar-refractivity contribution in [3.8, 4) is 11.5 Å². The van der Waals surface area contributed by atoms with Gasteiger partial charge in [-0.25, -0.2) is 13.2 Å². The number of nitrogens with zero attached hydrogens (tertiary/aromatic N) is 1. The van der Waals surface area contributed by atoms with E-state index in [1.807, 2.05) is 6.92 Å². The van der Waals surface area contributed by atoms with Crippen LogP contribution in [0.25, 0.3) is 0 Å². The summed E-state index contributed by atoms with van der Waals surface area (Å²) < 4.78 is 50.0. The maximum atomic E-state index is 13.5. The van der Waals surface area contributed by atoms with Crippen molar-refractivity contribution in [2.24, 2.45) is 5.16 Å². The smallest absolute Gasteiger partial charge is 0.265 e. The number of ether oxygens (including phenoxy) is 2. The number of halogens is 3. The molecule has 0 fully saturated rings. The lowest BCUT2D eigenvalue weighted by atomic mass is 10.2. The Balaban J connectivity index is 1.90. The molecule has 0 saturated heterocycles. The monoisotopic (exact) mass is 382 g/mol. The van der Waals surface area contributed by atoms with Crippen LogP contribution in [0.1, 0.15) is 12.5 Å². The highest BCUT2D eigenvalue weighted by molar-refractivity contribution is 5.91. The molecule has 0 bridgehead atoms. The van der Waals surface area contributed by atoms with E-state index in [0.717, 1.165) is 6.07 Å². The predicted molar refractivity (Wildman–Crippen MR) is 92.7 cm³/mol. The number of anilines is 1. The van der Waals surface area contributed by atoms with Crippen LogP contribution >= 0.6 is 0 Å². The van der Waals surface area contributed by atoms with Gasteiger partial charge >= 0.3 is 0 Å². The Morgan fingerprint density at radius 2 is 1.93 bits per heavy atom. The van der Waals surface area contributed by atoms with Gasteiger partial charge in [-0.2, -0.15) is 0 Å². The Morgan fingerprint density at radius 3 is 2.63 bits per heavy atom. The van der Waals surface area contributed by atoms with Gasteiger partial charge in [0.1, 0.15) is 0 Å². The van der Waals surface area contributed by atoms with Crippen LogP contribution in [0.15, 0.2) is 35.5 Å². The summed E-state index contributed by atoms with van der Waals surface area (Å²) in [6.07, 6.45) is 1.34. The third kappa shape index (κ3) is 5.37. The summed E-state index contributed by atoms with van der Waals surface area (Å²) in [4.78, 5) is 16.5. The zero-order chi connectivity index (χ0) is 19.8. The first-order valence-corrected chi connectivity index (χ1v) is 7.85. The van der Waals surface area contributed by atoms with Crippen molar-refractivity contribution in [1.82, 2.24) is 0 Å². The molecule has 0 spiro atoms. The summed E-state index contributed by atoms with van der Waals surface area (Å²) in [7, 11) is 1.50. The summed E-state index contributed by atoms with van der Waals surface area (Å²) in [6, 6.07) is 6.67. The minimum Gasteiger partial charge on any atom is -0.493 e. The van der Waals surface area contributed by atoms with Crippen LogP contribution in [0.4, 0.5) is 18.9 Å². The van der Waals surface area contributed by atoms with E-state index in [1.54, 1.807) is 18.2 Å². The molecule has 0 saturated carbocycles. The molecular weight excluding hydrogens is 365 g/mol. The Labute approximate surface area is 153 Å². The quantitative estimate of drug-likeness (QED) is 0.431. The first kappa shape index (κ1) is 20.1. The van der Waals surface area contributed by atoms with Crippen molar-refractivity contribution in [3.63, 3.8) is 0 Å². The maximum absolute atomic E-state index is 13.5. The highest BCUT2D eigenvalue weighted by Crippen LogP contribution is 2.27. The largest absolute Gasteiger partial charge is 0.493 e. The van der Waals surface area contributed by atoms with Crippen molar-refractivity contribution >= 4 is 17.8 Å². The summed E-state index contributed by atoms with van der Waals surface area (Å²) in [5.41, 5.74) is 0.130. The molecule has 0 atom stereocenters. The van der Waals surface area contributed by atoms with Crippen molar-refractivity contribution in [3.05, 3.63) is 53.3 Å². The summed E-state index contributed by atoms with van der Waals surface area (Å²) in [5, 5.41) is 5.68. The van der Waals surface area contributed by atoms with Crippen LogP contribution in [-0.2, 0) is 9.63 Å². The summed E-state index contributed by atoms with van der Waals surface area (Å²) in [6.45, 7) is 1.78. The molecule has 0 aliphatic heterocycles. The molecule has 6 nitrogen and oxygen atoms in total. The molecule has 2 aromatic carbocycles. The van der Waals surface area contributed by atoms with Gasteiger partial charge in [-0.15, -0.1) is 0 Å². The van der Waals surface area contributed by atoms with Crippen LogP contribution in [0, 0.1) is 17.5 Å². The number of methoxy groups -OCH3 is 1. The molecule has 0 aliphatic rings. The second kappa shape index (κ2) is 9.46. The Hall–Kier alpha value is -3.23. The van der Waals surface area contributed by atoms with E-state index in [2.05, 4.69) is 10.5 Å². The summed E-state index contributed by atoms with van der Waals surface area (Å²) in [5.74, 6) is -4.22. The van der Waals surface area contributed by atoms with Crippen molar-refractivity contribution < 1.29 is 32.3 Å². The van der Waals surface area contributed by atoms with E-state index >= 15 is 0 Å². The summed E-state index contributed by atoms with van der Waals surface area (Å²) >= 11 is 0. The third-order valence-electron chi connectivity index (χ3n) is 3.27. The zero-order valence-electron chi connectivity index (χ0n) is 14.6. The van der Waals surface area contributed by atoms with Gasteiger partial charge in [0.25, 0.3) is 5.91 Å². The number of amides is 1. The molecule has 0 aliphatic carbocycles. The maximum Gasteiger partial charge on any atom is 0.265 e. The second-order valence-corrected chi connectivity index (χ2v) is 5.12. The Bertz CT molecular complexity index is 844. The topological polar surface area (TPSA) is 69.2 Å².